The molecule has 1 aromatic carbocycles. The summed E-state index contributed by atoms with van der Waals surface area (Å²) in [5.74, 6) is 0.752. The average molecular weight is 297 g/mol. The van der Waals surface area contributed by atoms with Gasteiger partial charge in [0.25, 0.3) is 5.91 Å². The molecule has 1 aliphatic heterocycles. The SMILES string of the molecule is O=C(O)CSCCNC(=O)c1ccc2c(c1)OCCO2. The number of hydrogen-bond donors (Lipinski definition) is 2. The summed E-state index contributed by atoms with van der Waals surface area (Å²) in [7, 11) is 0. The zero-order valence-electron chi connectivity index (χ0n) is 10.8. The molecule has 0 spiro atoms. The maximum atomic E-state index is 11.9. The number of nitrogens with one attached hydrogen (secondary N) is 1. The maximum Gasteiger partial charge on any atom is 0.313 e. The van der Waals surface area contributed by atoms with E-state index >= 15 is 0 Å². The van der Waals surface area contributed by atoms with Gasteiger partial charge in [-0.1, -0.05) is 0 Å². The molecular weight excluding hydrogens is 282 g/mol. The summed E-state index contributed by atoms with van der Waals surface area (Å²) in [4.78, 5) is 22.2. The molecule has 1 aliphatic rings. The Bertz CT molecular complexity index is 506. The minimum Gasteiger partial charge on any atom is -0.486 e. The standard InChI is InChI=1S/C13H15NO5S/c15-12(16)8-20-6-3-14-13(17)9-1-2-10-11(7-9)19-5-4-18-10/h1-2,7H,3-6,8H2,(H,14,17)(H,15,16). The van der Waals surface area contributed by atoms with Crippen LogP contribution < -0.4 is 14.8 Å². The van der Waals surface area contributed by atoms with Crippen LogP contribution in [0.4, 0.5) is 0 Å². The summed E-state index contributed by atoms with van der Waals surface area (Å²) in [5.41, 5.74) is 0.498. The summed E-state index contributed by atoms with van der Waals surface area (Å²) < 4.78 is 10.8. The maximum absolute atomic E-state index is 11.9. The van der Waals surface area contributed by atoms with Crippen molar-refractivity contribution < 1.29 is 24.2 Å². The third kappa shape index (κ3) is 4.06. The Morgan fingerprint density at radius 1 is 1.25 bits per heavy atom. The second-order valence-corrected chi connectivity index (χ2v) is 5.17. The van der Waals surface area contributed by atoms with E-state index in [1.54, 1.807) is 18.2 Å². The second-order valence-electron chi connectivity index (χ2n) is 4.06. The fourth-order valence-electron chi connectivity index (χ4n) is 1.68. The van der Waals surface area contributed by atoms with Gasteiger partial charge in [-0.3, -0.25) is 9.59 Å². The van der Waals surface area contributed by atoms with Gasteiger partial charge < -0.3 is 19.9 Å². The first-order chi connectivity index (χ1) is 9.66. The minimum atomic E-state index is -0.854. The molecule has 0 aromatic heterocycles. The molecular formula is C13H15NO5S. The average Bonchev–Trinajstić information content (AvgIpc) is 2.46. The number of rotatable bonds is 6. The Morgan fingerprint density at radius 3 is 2.75 bits per heavy atom. The van der Waals surface area contributed by atoms with E-state index in [0.29, 0.717) is 42.6 Å². The number of thioether (sulfide) groups is 1. The van der Waals surface area contributed by atoms with Crippen molar-refractivity contribution >= 4 is 23.6 Å². The molecule has 1 aromatic rings. The summed E-state index contributed by atoms with van der Waals surface area (Å²) in [5, 5.41) is 11.2. The van der Waals surface area contributed by atoms with E-state index in [1.165, 1.54) is 11.8 Å². The lowest BCUT2D eigenvalue weighted by molar-refractivity contribution is -0.133. The van der Waals surface area contributed by atoms with Gasteiger partial charge in [0.05, 0.1) is 5.75 Å². The van der Waals surface area contributed by atoms with Crippen LogP contribution in [0.25, 0.3) is 0 Å². The van der Waals surface area contributed by atoms with Crippen LogP contribution in [-0.4, -0.2) is 48.2 Å². The summed E-state index contributed by atoms with van der Waals surface area (Å²) in [6.07, 6.45) is 0. The van der Waals surface area contributed by atoms with E-state index in [2.05, 4.69) is 5.32 Å². The van der Waals surface area contributed by atoms with Crippen LogP contribution in [0, 0.1) is 0 Å². The van der Waals surface area contributed by atoms with Crippen LogP contribution in [0.15, 0.2) is 18.2 Å². The Morgan fingerprint density at radius 2 is 2.00 bits per heavy atom. The van der Waals surface area contributed by atoms with Gasteiger partial charge in [0.15, 0.2) is 11.5 Å². The van der Waals surface area contributed by atoms with Crippen molar-refractivity contribution in [1.82, 2.24) is 5.32 Å². The molecule has 0 aliphatic carbocycles. The molecule has 0 saturated heterocycles. The van der Waals surface area contributed by atoms with E-state index in [0.717, 1.165) is 0 Å². The Labute approximate surface area is 120 Å². The molecule has 0 saturated carbocycles. The Hall–Kier alpha value is -1.89. The monoisotopic (exact) mass is 297 g/mol. The molecule has 0 radical (unpaired) electrons. The lowest BCUT2D eigenvalue weighted by Gasteiger charge is -2.18. The largest absolute Gasteiger partial charge is 0.486 e. The van der Waals surface area contributed by atoms with Crippen LogP contribution in [-0.2, 0) is 4.79 Å². The highest BCUT2D eigenvalue weighted by molar-refractivity contribution is 7.99. The Balaban J connectivity index is 1.82. The van der Waals surface area contributed by atoms with Gasteiger partial charge in [-0.15, -0.1) is 11.8 Å². The van der Waals surface area contributed by atoms with Crippen LogP contribution in [0.2, 0.25) is 0 Å². The summed E-state index contributed by atoms with van der Waals surface area (Å²) in [6.45, 7) is 1.41. The third-order valence-corrected chi connectivity index (χ3v) is 3.51. The van der Waals surface area contributed by atoms with Gasteiger partial charge in [-0.2, -0.15) is 0 Å². The van der Waals surface area contributed by atoms with E-state index in [-0.39, 0.29) is 11.7 Å². The molecule has 2 N–H and O–H groups in total. The topological polar surface area (TPSA) is 84.9 Å². The van der Waals surface area contributed by atoms with Crippen molar-refractivity contribution in [3.05, 3.63) is 23.8 Å². The molecule has 20 heavy (non-hydrogen) atoms. The number of carboxylic acid groups (broad SMARTS) is 1. The summed E-state index contributed by atoms with van der Waals surface area (Å²) >= 11 is 1.26. The zero-order chi connectivity index (χ0) is 14.4. The van der Waals surface area contributed by atoms with Crippen molar-refractivity contribution in [1.29, 1.82) is 0 Å². The number of carbonyl (C=O) groups is 2. The van der Waals surface area contributed by atoms with Gasteiger partial charge in [0, 0.05) is 17.9 Å². The zero-order valence-corrected chi connectivity index (χ0v) is 11.6. The van der Waals surface area contributed by atoms with Gasteiger partial charge in [-0.05, 0) is 18.2 Å². The van der Waals surface area contributed by atoms with Crippen LogP contribution >= 0.6 is 11.8 Å². The lowest BCUT2D eigenvalue weighted by atomic mass is 10.2. The molecule has 7 heteroatoms. The number of ether oxygens (including phenoxy) is 2. The van der Waals surface area contributed by atoms with Crippen LogP contribution in [0.5, 0.6) is 11.5 Å². The van der Waals surface area contributed by atoms with Gasteiger partial charge >= 0.3 is 5.97 Å². The molecule has 108 valence electrons. The number of carboxylic acids is 1. The molecule has 0 fully saturated rings. The first-order valence-corrected chi connectivity index (χ1v) is 7.29. The number of amides is 1. The second kappa shape index (κ2) is 7.04. The predicted molar refractivity (Wildman–Crippen MR) is 74.7 cm³/mol. The molecule has 0 atom stereocenters. The van der Waals surface area contributed by atoms with Crippen LogP contribution in [0.1, 0.15) is 10.4 Å². The normalized spacial score (nSPS) is 12.8. The van der Waals surface area contributed by atoms with Gasteiger partial charge in [-0.25, -0.2) is 0 Å². The van der Waals surface area contributed by atoms with Crippen molar-refractivity contribution in [2.24, 2.45) is 0 Å². The molecule has 6 nitrogen and oxygen atoms in total. The quantitative estimate of drug-likeness (QED) is 0.762. The predicted octanol–water partition coefficient (Wildman–Crippen LogP) is 1.01. The molecule has 2 rings (SSSR count). The van der Waals surface area contributed by atoms with Crippen LogP contribution in [0.3, 0.4) is 0 Å². The Kier molecular flexibility index (Phi) is 5.11. The van der Waals surface area contributed by atoms with Crippen molar-refractivity contribution in [2.45, 2.75) is 0 Å². The highest BCUT2D eigenvalue weighted by Crippen LogP contribution is 2.30. The van der Waals surface area contributed by atoms with Gasteiger partial charge in [0.2, 0.25) is 0 Å². The molecule has 0 bridgehead atoms. The minimum absolute atomic E-state index is 0.0416. The fourth-order valence-corrected chi connectivity index (χ4v) is 2.25. The third-order valence-electron chi connectivity index (χ3n) is 2.56. The van der Waals surface area contributed by atoms with Crippen molar-refractivity contribution in [3.63, 3.8) is 0 Å². The number of hydrogen-bond acceptors (Lipinski definition) is 5. The number of fused-ring (bicyclic) bond motifs is 1. The van der Waals surface area contributed by atoms with E-state index in [9.17, 15) is 9.59 Å². The van der Waals surface area contributed by atoms with E-state index < -0.39 is 5.97 Å². The number of benzene rings is 1. The smallest absolute Gasteiger partial charge is 0.313 e. The van der Waals surface area contributed by atoms with E-state index in [4.69, 9.17) is 14.6 Å². The molecule has 1 heterocycles. The first-order valence-electron chi connectivity index (χ1n) is 6.14. The lowest BCUT2D eigenvalue weighted by Crippen LogP contribution is -2.26. The highest BCUT2D eigenvalue weighted by atomic mass is 32.2. The fraction of sp³-hybridized carbons (Fsp3) is 0.385. The molecule has 1 amide bonds. The highest BCUT2D eigenvalue weighted by Gasteiger charge is 2.14. The number of aliphatic carboxylic acids is 1. The van der Waals surface area contributed by atoms with Crippen molar-refractivity contribution in [2.75, 3.05) is 31.3 Å². The summed E-state index contributed by atoms with van der Waals surface area (Å²) in [6, 6.07) is 5.03. The molecule has 0 unspecified atom stereocenters. The first kappa shape index (κ1) is 14.5. The number of carbonyl (C=O) groups excluding carboxylic acids is 1. The van der Waals surface area contributed by atoms with E-state index in [1.807, 2.05) is 0 Å². The van der Waals surface area contributed by atoms with Crippen molar-refractivity contribution in [3.8, 4) is 11.5 Å². The van der Waals surface area contributed by atoms with Gasteiger partial charge in [0.1, 0.15) is 13.2 Å².